The Morgan fingerprint density at radius 1 is 1.41 bits per heavy atom. The van der Waals surface area contributed by atoms with Crippen LogP contribution in [0.2, 0.25) is 0 Å². The zero-order valence-electron chi connectivity index (χ0n) is 10.8. The van der Waals surface area contributed by atoms with Gasteiger partial charge in [0.1, 0.15) is 10.8 Å². The van der Waals surface area contributed by atoms with Crippen LogP contribution in [0.15, 0.2) is 0 Å². The standard InChI is InChI=1S/C11H20N2O2S2/c1-5-9-10(6-12-8(2)3)16-11(13-9)7-17(4,14)15/h8,12H,5-7H2,1-4H3. The van der Waals surface area contributed by atoms with Crippen molar-refractivity contribution in [3.8, 4) is 0 Å². The van der Waals surface area contributed by atoms with Crippen molar-refractivity contribution in [1.82, 2.24) is 10.3 Å². The zero-order valence-corrected chi connectivity index (χ0v) is 12.4. The highest BCUT2D eigenvalue weighted by molar-refractivity contribution is 7.90. The van der Waals surface area contributed by atoms with Crippen LogP contribution in [0.1, 0.15) is 36.3 Å². The van der Waals surface area contributed by atoms with Crippen LogP contribution >= 0.6 is 11.3 Å². The van der Waals surface area contributed by atoms with Crippen molar-refractivity contribution in [3.63, 3.8) is 0 Å². The smallest absolute Gasteiger partial charge is 0.153 e. The molecule has 1 aromatic heterocycles. The number of sulfone groups is 1. The van der Waals surface area contributed by atoms with E-state index in [-0.39, 0.29) is 5.75 Å². The number of hydrogen-bond donors (Lipinski definition) is 1. The largest absolute Gasteiger partial charge is 0.310 e. The minimum absolute atomic E-state index is 0.0480. The molecule has 0 radical (unpaired) electrons. The number of aromatic nitrogens is 1. The average Bonchev–Trinajstić information content (AvgIpc) is 2.54. The van der Waals surface area contributed by atoms with Gasteiger partial charge in [-0.3, -0.25) is 0 Å². The van der Waals surface area contributed by atoms with Gasteiger partial charge < -0.3 is 5.32 Å². The molecule has 98 valence electrons. The maximum atomic E-state index is 11.2. The predicted octanol–water partition coefficient (Wildman–Crippen LogP) is 1.75. The van der Waals surface area contributed by atoms with Crippen LogP contribution in [0, 0.1) is 0 Å². The highest BCUT2D eigenvalue weighted by atomic mass is 32.2. The van der Waals surface area contributed by atoms with Crippen molar-refractivity contribution < 1.29 is 8.42 Å². The minimum atomic E-state index is -2.99. The molecule has 0 aromatic carbocycles. The van der Waals surface area contributed by atoms with Crippen molar-refractivity contribution in [2.45, 2.75) is 45.5 Å². The van der Waals surface area contributed by atoms with E-state index in [1.165, 1.54) is 17.6 Å². The highest BCUT2D eigenvalue weighted by Gasteiger charge is 2.13. The maximum Gasteiger partial charge on any atom is 0.153 e. The van der Waals surface area contributed by atoms with E-state index in [4.69, 9.17) is 0 Å². The first kappa shape index (κ1) is 14.6. The number of aryl methyl sites for hydroxylation is 1. The van der Waals surface area contributed by atoms with Crippen molar-refractivity contribution in [2.24, 2.45) is 0 Å². The molecule has 0 aliphatic heterocycles. The van der Waals surface area contributed by atoms with E-state index in [1.54, 1.807) is 0 Å². The van der Waals surface area contributed by atoms with Gasteiger partial charge in [-0.1, -0.05) is 20.8 Å². The third kappa shape index (κ3) is 5.14. The molecule has 0 saturated heterocycles. The maximum absolute atomic E-state index is 11.2. The molecule has 0 atom stereocenters. The molecule has 0 bridgehead atoms. The Balaban J connectivity index is 2.83. The van der Waals surface area contributed by atoms with E-state index in [0.29, 0.717) is 11.0 Å². The molecule has 1 heterocycles. The topological polar surface area (TPSA) is 59.1 Å². The molecule has 0 aliphatic rings. The van der Waals surface area contributed by atoms with E-state index in [2.05, 4.69) is 24.1 Å². The normalized spacial score (nSPS) is 12.3. The predicted molar refractivity (Wildman–Crippen MR) is 72.0 cm³/mol. The summed E-state index contributed by atoms with van der Waals surface area (Å²) in [7, 11) is -2.99. The van der Waals surface area contributed by atoms with E-state index in [9.17, 15) is 8.42 Å². The van der Waals surface area contributed by atoms with Gasteiger partial charge >= 0.3 is 0 Å². The van der Waals surface area contributed by atoms with E-state index in [0.717, 1.165) is 23.5 Å². The summed E-state index contributed by atoms with van der Waals surface area (Å²) in [6.45, 7) is 6.98. The van der Waals surface area contributed by atoms with Crippen LogP contribution in [0.3, 0.4) is 0 Å². The van der Waals surface area contributed by atoms with Crippen LogP contribution < -0.4 is 5.32 Å². The van der Waals surface area contributed by atoms with Crippen molar-refractivity contribution in [2.75, 3.05) is 6.26 Å². The Bertz CT molecular complexity index is 464. The quantitative estimate of drug-likeness (QED) is 0.860. The number of rotatable bonds is 6. The van der Waals surface area contributed by atoms with Crippen LogP contribution in [0.25, 0.3) is 0 Å². The van der Waals surface area contributed by atoms with Gasteiger partial charge in [0.25, 0.3) is 0 Å². The second-order valence-corrected chi connectivity index (χ2v) is 7.75. The zero-order chi connectivity index (χ0) is 13.1. The second kappa shape index (κ2) is 5.93. The lowest BCUT2D eigenvalue weighted by Gasteiger charge is -2.06. The van der Waals surface area contributed by atoms with Gasteiger partial charge in [-0.25, -0.2) is 13.4 Å². The van der Waals surface area contributed by atoms with E-state index < -0.39 is 9.84 Å². The van der Waals surface area contributed by atoms with E-state index >= 15 is 0 Å². The number of hydrogen-bond acceptors (Lipinski definition) is 5. The third-order valence-corrected chi connectivity index (χ3v) is 4.29. The molecular weight excluding hydrogens is 256 g/mol. The molecule has 0 amide bonds. The number of thiazole rings is 1. The Hall–Kier alpha value is -0.460. The van der Waals surface area contributed by atoms with Gasteiger partial charge in [0.05, 0.1) is 5.69 Å². The fourth-order valence-corrected chi connectivity index (χ4v) is 3.73. The Morgan fingerprint density at radius 2 is 2.06 bits per heavy atom. The minimum Gasteiger partial charge on any atom is -0.310 e. The molecular formula is C11H20N2O2S2. The molecule has 0 aliphatic carbocycles. The lowest BCUT2D eigenvalue weighted by molar-refractivity contribution is 0.590. The second-order valence-electron chi connectivity index (χ2n) is 4.44. The molecule has 4 nitrogen and oxygen atoms in total. The first-order valence-electron chi connectivity index (χ1n) is 5.70. The van der Waals surface area contributed by atoms with E-state index in [1.807, 2.05) is 6.92 Å². The fraction of sp³-hybridized carbons (Fsp3) is 0.727. The molecule has 0 spiro atoms. The Kier molecular flexibility index (Phi) is 5.09. The van der Waals surface area contributed by atoms with Gasteiger partial charge in [-0.15, -0.1) is 11.3 Å². The highest BCUT2D eigenvalue weighted by Crippen LogP contribution is 2.21. The van der Waals surface area contributed by atoms with Gasteiger partial charge in [0.15, 0.2) is 9.84 Å². The first-order chi connectivity index (χ1) is 7.81. The summed E-state index contributed by atoms with van der Waals surface area (Å²) in [6.07, 6.45) is 2.08. The van der Waals surface area contributed by atoms with Crippen LogP contribution in [0.5, 0.6) is 0 Å². The summed E-state index contributed by atoms with van der Waals surface area (Å²) >= 11 is 1.50. The van der Waals surface area contributed by atoms with Crippen LogP contribution in [0.4, 0.5) is 0 Å². The summed E-state index contributed by atoms with van der Waals surface area (Å²) in [4.78, 5) is 5.54. The summed E-state index contributed by atoms with van der Waals surface area (Å²) in [5.41, 5.74) is 1.02. The molecule has 17 heavy (non-hydrogen) atoms. The lowest BCUT2D eigenvalue weighted by Crippen LogP contribution is -2.21. The molecule has 6 heteroatoms. The third-order valence-electron chi connectivity index (χ3n) is 2.21. The van der Waals surface area contributed by atoms with Gasteiger partial charge in [0.2, 0.25) is 0 Å². The molecule has 1 rings (SSSR count). The molecule has 0 fully saturated rings. The van der Waals surface area contributed by atoms with Gasteiger partial charge in [0, 0.05) is 23.7 Å². The van der Waals surface area contributed by atoms with Gasteiger partial charge in [-0.2, -0.15) is 0 Å². The lowest BCUT2D eigenvalue weighted by atomic mass is 10.3. The summed E-state index contributed by atoms with van der Waals surface area (Å²) < 4.78 is 22.5. The van der Waals surface area contributed by atoms with Crippen molar-refractivity contribution in [3.05, 3.63) is 15.6 Å². The number of nitrogens with zero attached hydrogens (tertiary/aromatic N) is 1. The number of nitrogens with one attached hydrogen (secondary N) is 1. The molecule has 0 saturated carbocycles. The summed E-state index contributed by atoms with van der Waals surface area (Å²) in [5, 5.41) is 4.03. The summed E-state index contributed by atoms with van der Waals surface area (Å²) in [5.74, 6) is 0.0480. The SMILES string of the molecule is CCc1nc(CS(C)(=O)=O)sc1CNC(C)C. The molecule has 0 unspecified atom stereocenters. The Morgan fingerprint density at radius 3 is 2.53 bits per heavy atom. The first-order valence-corrected chi connectivity index (χ1v) is 8.58. The van der Waals surface area contributed by atoms with Crippen molar-refractivity contribution >= 4 is 21.2 Å². The fourth-order valence-electron chi connectivity index (χ4n) is 1.43. The van der Waals surface area contributed by atoms with Gasteiger partial charge in [-0.05, 0) is 6.42 Å². The van der Waals surface area contributed by atoms with Crippen molar-refractivity contribution in [1.29, 1.82) is 0 Å². The molecule has 1 N–H and O–H groups in total. The van der Waals surface area contributed by atoms with Crippen LogP contribution in [-0.4, -0.2) is 25.7 Å². The Labute approximate surface area is 107 Å². The van der Waals surface area contributed by atoms with Crippen LogP contribution in [-0.2, 0) is 28.6 Å². The molecule has 1 aromatic rings. The average molecular weight is 276 g/mol. The monoisotopic (exact) mass is 276 g/mol. The summed E-state index contributed by atoms with van der Waals surface area (Å²) in [6, 6.07) is 0.417.